The Balaban J connectivity index is 1.75. The fourth-order valence-electron chi connectivity index (χ4n) is 1.80. The van der Waals surface area contributed by atoms with E-state index in [9.17, 15) is 5.11 Å². The van der Waals surface area contributed by atoms with Crippen molar-refractivity contribution < 1.29 is 9.63 Å². The van der Waals surface area contributed by atoms with Crippen molar-refractivity contribution in [3.8, 4) is 11.6 Å². The number of rotatable bonds is 4. The van der Waals surface area contributed by atoms with Gasteiger partial charge in [0.15, 0.2) is 0 Å². The molecule has 1 N–H and O–H groups in total. The van der Waals surface area contributed by atoms with Crippen LogP contribution in [0, 0.1) is 0 Å². The van der Waals surface area contributed by atoms with Gasteiger partial charge in [0.2, 0.25) is 17.5 Å². The molecule has 0 amide bonds. The van der Waals surface area contributed by atoms with Gasteiger partial charge in [-0.1, -0.05) is 35.5 Å². The lowest BCUT2D eigenvalue weighted by Crippen LogP contribution is -2.01. The highest BCUT2D eigenvalue weighted by molar-refractivity contribution is 5.40. The highest BCUT2D eigenvalue weighted by Crippen LogP contribution is 2.18. The molecule has 20 heavy (non-hydrogen) atoms. The Morgan fingerprint density at radius 2 is 1.75 bits per heavy atom. The molecule has 0 aliphatic heterocycles. The summed E-state index contributed by atoms with van der Waals surface area (Å²) in [5.74, 6) is 1.07. The molecule has 1 atom stereocenters. The number of hydrogen-bond acceptors (Lipinski definition) is 6. The number of aliphatic hydroxyl groups excluding tert-OH is 1. The van der Waals surface area contributed by atoms with E-state index in [1.54, 1.807) is 18.5 Å². The van der Waals surface area contributed by atoms with Gasteiger partial charge in [-0.3, -0.25) is 0 Å². The van der Waals surface area contributed by atoms with Gasteiger partial charge < -0.3 is 9.63 Å². The molecule has 2 aromatic heterocycles. The number of aromatic nitrogens is 4. The van der Waals surface area contributed by atoms with Crippen LogP contribution in [-0.2, 0) is 6.42 Å². The van der Waals surface area contributed by atoms with E-state index in [4.69, 9.17) is 4.52 Å². The molecule has 0 saturated carbocycles. The monoisotopic (exact) mass is 268 g/mol. The molecule has 3 rings (SSSR count). The van der Waals surface area contributed by atoms with Gasteiger partial charge in [0.1, 0.15) is 0 Å². The van der Waals surface area contributed by atoms with E-state index < -0.39 is 6.10 Å². The van der Waals surface area contributed by atoms with Gasteiger partial charge in [0.25, 0.3) is 0 Å². The molecule has 0 radical (unpaired) electrons. The van der Waals surface area contributed by atoms with Crippen molar-refractivity contribution in [3.05, 3.63) is 60.2 Å². The molecule has 0 bridgehead atoms. The van der Waals surface area contributed by atoms with E-state index in [1.165, 1.54) is 0 Å². The van der Waals surface area contributed by atoms with Crippen LogP contribution in [0.25, 0.3) is 11.6 Å². The van der Waals surface area contributed by atoms with Gasteiger partial charge in [0, 0.05) is 12.4 Å². The highest BCUT2D eigenvalue weighted by atomic mass is 16.5. The second-order valence-corrected chi connectivity index (χ2v) is 4.21. The largest absolute Gasteiger partial charge is 0.388 e. The fourth-order valence-corrected chi connectivity index (χ4v) is 1.80. The minimum absolute atomic E-state index is 0.254. The van der Waals surface area contributed by atoms with Crippen molar-refractivity contribution in [2.75, 3.05) is 0 Å². The number of hydrogen-bond donors (Lipinski definition) is 1. The molecular formula is C14H12N4O2. The quantitative estimate of drug-likeness (QED) is 0.776. The Morgan fingerprint density at radius 3 is 2.50 bits per heavy atom. The van der Waals surface area contributed by atoms with Crippen molar-refractivity contribution in [2.45, 2.75) is 12.5 Å². The van der Waals surface area contributed by atoms with E-state index in [0.717, 1.165) is 5.56 Å². The van der Waals surface area contributed by atoms with Crippen LogP contribution in [0.5, 0.6) is 0 Å². The maximum absolute atomic E-state index is 10.1. The molecule has 100 valence electrons. The summed E-state index contributed by atoms with van der Waals surface area (Å²) < 4.78 is 5.11. The summed E-state index contributed by atoms with van der Waals surface area (Å²) in [5, 5.41) is 13.9. The minimum Gasteiger partial charge on any atom is -0.388 e. The molecular weight excluding hydrogens is 256 g/mol. The summed E-state index contributed by atoms with van der Waals surface area (Å²) in [4.78, 5) is 12.3. The molecule has 6 heteroatoms. The predicted molar refractivity (Wildman–Crippen MR) is 70.4 cm³/mol. The maximum atomic E-state index is 10.1. The van der Waals surface area contributed by atoms with Crippen LogP contribution in [0.4, 0.5) is 0 Å². The highest BCUT2D eigenvalue weighted by Gasteiger charge is 2.15. The number of nitrogens with zero attached hydrogens (tertiary/aromatic N) is 4. The standard InChI is InChI=1S/C14H12N4O2/c19-11(10-5-2-1-3-6-10)9-12-17-14(18-20-12)13-15-7-4-8-16-13/h1-8,11,19H,9H2. The van der Waals surface area contributed by atoms with E-state index in [1.807, 2.05) is 30.3 Å². The molecule has 0 spiro atoms. The Labute approximate surface area is 115 Å². The summed E-state index contributed by atoms with van der Waals surface area (Å²) in [6.45, 7) is 0. The van der Waals surface area contributed by atoms with E-state index in [2.05, 4.69) is 20.1 Å². The third-order valence-electron chi connectivity index (χ3n) is 2.79. The molecule has 0 saturated heterocycles. The van der Waals surface area contributed by atoms with Gasteiger partial charge in [-0.15, -0.1) is 0 Å². The summed E-state index contributed by atoms with van der Waals surface area (Å²) >= 11 is 0. The minimum atomic E-state index is -0.679. The lowest BCUT2D eigenvalue weighted by molar-refractivity contribution is 0.165. The summed E-state index contributed by atoms with van der Waals surface area (Å²) in [7, 11) is 0. The Morgan fingerprint density at radius 1 is 1.00 bits per heavy atom. The molecule has 1 aromatic carbocycles. The number of benzene rings is 1. The van der Waals surface area contributed by atoms with E-state index >= 15 is 0 Å². The molecule has 3 aromatic rings. The lowest BCUT2D eigenvalue weighted by Gasteiger charge is -2.07. The summed E-state index contributed by atoms with van der Waals surface area (Å²) in [6.07, 6.45) is 2.79. The molecule has 0 fully saturated rings. The van der Waals surface area contributed by atoms with Crippen LogP contribution in [0.2, 0.25) is 0 Å². The van der Waals surface area contributed by atoms with Crippen molar-refractivity contribution in [3.63, 3.8) is 0 Å². The first-order valence-electron chi connectivity index (χ1n) is 6.16. The van der Waals surface area contributed by atoms with Crippen molar-refractivity contribution >= 4 is 0 Å². The van der Waals surface area contributed by atoms with E-state index in [0.29, 0.717) is 17.5 Å². The normalized spacial score (nSPS) is 12.2. The van der Waals surface area contributed by atoms with Crippen LogP contribution >= 0.6 is 0 Å². The van der Waals surface area contributed by atoms with Gasteiger partial charge in [-0.05, 0) is 11.6 Å². The lowest BCUT2D eigenvalue weighted by atomic mass is 10.1. The van der Waals surface area contributed by atoms with Crippen molar-refractivity contribution in [2.24, 2.45) is 0 Å². The predicted octanol–water partition coefficient (Wildman–Crippen LogP) is 1.80. The fraction of sp³-hybridized carbons (Fsp3) is 0.143. The zero-order valence-corrected chi connectivity index (χ0v) is 10.5. The van der Waals surface area contributed by atoms with Crippen molar-refractivity contribution in [1.29, 1.82) is 0 Å². The Bertz CT molecular complexity index is 670. The second kappa shape index (κ2) is 5.58. The maximum Gasteiger partial charge on any atom is 0.240 e. The van der Waals surface area contributed by atoms with Crippen molar-refractivity contribution in [1.82, 2.24) is 20.1 Å². The Kier molecular flexibility index (Phi) is 3.47. The van der Waals surface area contributed by atoms with E-state index in [-0.39, 0.29) is 6.42 Å². The molecule has 0 aliphatic carbocycles. The summed E-state index contributed by atoms with van der Waals surface area (Å²) in [6, 6.07) is 11.0. The third kappa shape index (κ3) is 2.70. The zero-order valence-electron chi connectivity index (χ0n) is 10.5. The van der Waals surface area contributed by atoms with Crippen LogP contribution in [0.15, 0.2) is 53.3 Å². The van der Waals surface area contributed by atoms with Crippen LogP contribution < -0.4 is 0 Å². The van der Waals surface area contributed by atoms with Crippen LogP contribution in [0.1, 0.15) is 17.6 Å². The number of aliphatic hydroxyl groups is 1. The average Bonchev–Trinajstić information content (AvgIpc) is 2.97. The van der Waals surface area contributed by atoms with Crippen LogP contribution in [-0.4, -0.2) is 25.2 Å². The first kappa shape index (κ1) is 12.4. The SMILES string of the molecule is OC(Cc1nc(-c2ncccn2)no1)c1ccccc1. The molecule has 1 unspecified atom stereocenters. The third-order valence-corrected chi connectivity index (χ3v) is 2.79. The first-order chi connectivity index (χ1) is 9.83. The smallest absolute Gasteiger partial charge is 0.240 e. The zero-order chi connectivity index (χ0) is 13.8. The van der Waals surface area contributed by atoms with Gasteiger partial charge in [-0.2, -0.15) is 4.98 Å². The Hall–Kier alpha value is -2.60. The van der Waals surface area contributed by atoms with Crippen LogP contribution in [0.3, 0.4) is 0 Å². The topological polar surface area (TPSA) is 84.9 Å². The first-order valence-corrected chi connectivity index (χ1v) is 6.16. The average molecular weight is 268 g/mol. The molecule has 6 nitrogen and oxygen atoms in total. The van der Waals surface area contributed by atoms with Gasteiger partial charge in [0.05, 0.1) is 12.5 Å². The molecule has 2 heterocycles. The van der Waals surface area contributed by atoms with Gasteiger partial charge in [-0.25, -0.2) is 9.97 Å². The summed E-state index contributed by atoms with van der Waals surface area (Å²) in [5.41, 5.74) is 0.809. The second-order valence-electron chi connectivity index (χ2n) is 4.21. The van der Waals surface area contributed by atoms with Gasteiger partial charge >= 0.3 is 0 Å². The molecule has 0 aliphatic rings.